The van der Waals surface area contributed by atoms with Gasteiger partial charge in [0.15, 0.2) is 16.3 Å². The minimum Gasteiger partial charge on any atom is -0.313 e. The van der Waals surface area contributed by atoms with Gasteiger partial charge < -0.3 is 4.57 Å². The van der Waals surface area contributed by atoms with Gasteiger partial charge in [-0.1, -0.05) is 89.8 Å². The number of unbranched alkanes of at least 4 members (excludes halogenated alkanes) is 10. The van der Waals surface area contributed by atoms with Crippen LogP contribution >= 0.6 is 11.8 Å². The van der Waals surface area contributed by atoms with Crippen LogP contribution in [0.4, 0.5) is 0 Å². The van der Waals surface area contributed by atoms with Crippen molar-refractivity contribution in [3.63, 3.8) is 0 Å². The summed E-state index contributed by atoms with van der Waals surface area (Å²) in [4.78, 5) is 31.6. The van der Waals surface area contributed by atoms with Crippen molar-refractivity contribution in [3.05, 3.63) is 20.8 Å². The van der Waals surface area contributed by atoms with E-state index in [4.69, 9.17) is 0 Å². The number of hydrogen-bond donors (Lipinski definition) is 1. The number of aromatic nitrogens is 4. The largest absolute Gasteiger partial charge is 0.329 e. The molecule has 0 unspecified atom stereocenters. The molecule has 0 saturated carbocycles. The predicted molar refractivity (Wildman–Crippen MR) is 123 cm³/mol. The molecule has 0 radical (unpaired) electrons. The first-order valence-electron chi connectivity index (χ1n) is 11.4. The second-order valence-electron chi connectivity index (χ2n) is 7.92. The Kier molecular flexibility index (Phi) is 10.6. The Labute approximate surface area is 178 Å². The molecule has 2 aromatic rings. The molecule has 6 nitrogen and oxygen atoms in total. The van der Waals surface area contributed by atoms with Gasteiger partial charge in [-0.25, -0.2) is 9.78 Å². The van der Waals surface area contributed by atoms with Gasteiger partial charge in [-0.05, 0) is 12.8 Å². The number of nitrogens with zero attached hydrogens (tertiary/aromatic N) is 3. The van der Waals surface area contributed by atoms with Crippen LogP contribution in [-0.4, -0.2) is 24.9 Å². The molecule has 0 fully saturated rings. The average Bonchev–Trinajstić information content (AvgIpc) is 3.07. The number of aryl methyl sites for hydroxylation is 2. The van der Waals surface area contributed by atoms with E-state index < -0.39 is 5.69 Å². The number of hydrogen-bond acceptors (Lipinski definition) is 4. The molecule has 0 spiro atoms. The lowest BCUT2D eigenvalue weighted by Gasteiger charge is -2.08. The van der Waals surface area contributed by atoms with Gasteiger partial charge in [-0.3, -0.25) is 14.3 Å². The maximum atomic E-state index is 12.5. The van der Waals surface area contributed by atoms with E-state index in [0.717, 1.165) is 36.7 Å². The third-order valence-electron chi connectivity index (χ3n) is 5.44. The first-order chi connectivity index (χ1) is 14.1. The van der Waals surface area contributed by atoms with E-state index in [2.05, 4.69) is 23.8 Å². The Morgan fingerprint density at radius 2 is 1.45 bits per heavy atom. The molecule has 2 heterocycles. The van der Waals surface area contributed by atoms with Crippen molar-refractivity contribution in [1.29, 1.82) is 0 Å². The highest BCUT2D eigenvalue weighted by Crippen LogP contribution is 2.24. The van der Waals surface area contributed by atoms with Crippen LogP contribution in [0.1, 0.15) is 90.9 Å². The first kappa shape index (κ1) is 23.8. The van der Waals surface area contributed by atoms with Crippen molar-refractivity contribution >= 4 is 22.9 Å². The van der Waals surface area contributed by atoms with Gasteiger partial charge in [-0.2, -0.15) is 0 Å². The maximum Gasteiger partial charge on any atom is 0.329 e. The smallest absolute Gasteiger partial charge is 0.313 e. The van der Waals surface area contributed by atoms with Crippen molar-refractivity contribution in [2.45, 2.75) is 103 Å². The summed E-state index contributed by atoms with van der Waals surface area (Å²) < 4.78 is 3.49. The molecule has 164 valence electrons. The highest BCUT2D eigenvalue weighted by molar-refractivity contribution is 7.99. The fraction of sp³-hybridized carbons (Fsp3) is 0.773. The molecule has 2 aromatic heterocycles. The van der Waals surface area contributed by atoms with Gasteiger partial charge in [0.1, 0.15) is 0 Å². The fourth-order valence-corrected chi connectivity index (χ4v) is 4.65. The third kappa shape index (κ3) is 7.05. The molecule has 0 aliphatic rings. The van der Waals surface area contributed by atoms with Gasteiger partial charge in [0.25, 0.3) is 5.56 Å². The number of thioether (sulfide) groups is 1. The normalized spacial score (nSPS) is 11.6. The lowest BCUT2D eigenvalue weighted by Crippen LogP contribution is -2.29. The van der Waals surface area contributed by atoms with Gasteiger partial charge in [0.2, 0.25) is 0 Å². The molecule has 0 bridgehead atoms. The molecule has 29 heavy (non-hydrogen) atoms. The molecule has 7 heteroatoms. The Hall–Kier alpha value is -1.50. The zero-order valence-corrected chi connectivity index (χ0v) is 19.3. The van der Waals surface area contributed by atoms with Gasteiger partial charge in [0.05, 0.1) is 0 Å². The van der Waals surface area contributed by atoms with Crippen LogP contribution in [0.15, 0.2) is 14.7 Å². The summed E-state index contributed by atoms with van der Waals surface area (Å²) in [5, 5.41) is 0.869. The van der Waals surface area contributed by atoms with E-state index in [1.807, 2.05) is 4.57 Å². The number of imidazole rings is 1. The van der Waals surface area contributed by atoms with E-state index in [9.17, 15) is 9.59 Å². The van der Waals surface area contributed by atoms with Gasteiger partial charge >= 0.3 is 5.69 Å². The summed E-state index contributed by atoms with van der Waals surface area (Å²) in [6.45, 7) is 5.24. The maximum absolute atomic E-state index is 12.5. The fourth-order valence-electron chi connectivity index (χ4n) is 3.63. The third-order valence-corrected chi connectivity index (χ3v) is 6.50. The number of aromatic amines is 1. The van der Waals surface area contributed by atoms with Crippen molar-refractivity contribution in [1.82, 2.24) is 19.1 Å². The van der Waals surface area contributed by atoms with Gasteiger partial charge in [0, 0.05) is 19.3 Å². The number of H-pyrrole nitrogens is 1. The van der Waals surface area contributed by atoms with Gasteiger partial charge in [-0.15, -0.1) is 0 Å². The Balaban J connectivity index is 2.07. The summed E-state index contributed by atoms with van der Waals surface area (Å²) in [7, 11) is 1.67. The lowest BCUT2D eigenvalue weighted by atomic mass is 10.1. The molecule has 0 aromatic carbocycles. The topological polar surface area (TPSA) is 72.7 Å². The molecule has 0 saturated heterocycles. The second kappa shape index (κ2) is 12.9. The monoisotopic (exact) mass is 422 g/mol. The second-order valence-corrected chi connectivity index (χ2v) is 8.98. The number of rotatable bonds is 15. The van der Waals surface area contributed by atoms with E-state index in [-0.39, 0.29) is 5.56 Å². The van der Waals surface area contributed by atoms with Crippen LogP contribution in [0, 0.1) is 0 Å². The summed E-state index contributed by atoms with van der Waals surface area (Å²) in [6, 6.07) is 0. The average molecular weight is 423 g/mol. The molecular weight excluding hydrogens is 384 g/mol. The van der Waals surface area contributed by atoms with E-state index in [1.54, 1.807) is 18.8 Å². The summed E-state index contributed by atoms with van der Waals surface area (Å²) in [5.41, 5.74) is 0.300. The van der Waals surface area contributed by atoms with E-state index >= 15 is 0 Å². The quantitative estimate of drug-likeness (QED) is 0.315. The molecule has 0 amide bonds. The Bertz CT molecular complexity index is 853. The predicted octanol–water partition coefficient (Wildman–Crippen LogP) is 5.24. The minimum atomic E-state index is -0.404. The molecule has 1 N–H and O–H groups in total. The highest BCUT2D eigenvalue weighted by atomic mass is 32.2. The van der Waals surface area contributed by atoms with Crippen LogP contribution in [0.3, 0.4) is 0 Å². The standard InChI is InChI=1S/C22H38N4O2S/c1-4-6-8-10-11-12-14-16-26-18-19(25(3)21(28)24-20(18)27)23-22(26)29-17-15-13-9-7-5-2/h4-17H2,1-3H3,(H,24,27,28). The summed E-state index contributed by atoms with van der Waals surface area (Å²) >= 11 is 1.71. The van der Waals surface area contributed by atoms with E-state index in [0.29, 0.717) is 11.2 Å². The molecule has 0 aliphatic heterocycles. The van der Waals surface area contributed by atoms with Crippen LogP contribution in [0.25, 0.3) is 11.2 Å². The Morgan fingerprint density at radius 1 is 0.862 bits per heavy atom. The molecular formula is C22H38N4O2S. The van der Waals surface area contributed by atoms with Crippen LogP contribution < -0.4 is 11.2 Å². The van der Waals surface area contributed by atoms with Crippen molar-refractivity contribution in [2.75, 3.05) is 5.75 Å². The molecule has 2 rings (SSSR count). The van der Waals surface area contributed by atoms with Crippen LogP contribution in [0.2, 0.25) is 0 Å². The van der Waals surface area contributed by atoms with Crippen molar-refractivity contribution in [2.24, 2.45) is 7.05 Å². The van der Waals surface area contributed by atoms with E-state index in [1.165, 1.54) is 62.4 Å². The van der Waals surface area contributed by atoms with Crippen molar-refractivity contribution < 1.29 is 0 Å². The van der Waals surface area contributed by atoms with Crippen molar-refractivity contribution in [3.8, 4) is 0 Å². The highest BCUT2D eigenvalue weighted by Gasteiger charge is 2.17. The zero-order valence-electron chi connectivity index (χ0n) is 18.5. The minimum absolute atomic E-state index is 0.326. The van der Waals surface area contributed by atoms with Crippen LogP contribution in [0.5, 0.6) is 0 Å². The van der Waals surface area contributed by atoms with Crippen LogP contribution in [-0.2, 0) is 13.6 Å². The number of fused-ring (bicyclic) bond motifs is 1. The molecule has 0 aliphatic carbocycles. The lowest BCUT2D eigenvalue weighted by molar-refractivity contribution is 0.538. The zero-order chi connectivity index (χ0) is 21.1. The first-order valence-corrected chi connectivity index (χ1v) is 12.4. The summed E-state index contributed by atoms with van der Waals surface area (Å²) in [6.07, 6.45) is 14.8. The number of nitrogens with one attached hydrogen (secondary N) is 1. The Morgan fingerprint density at radius 3 is 2.10 bits per heavy atom. The SMILES string of the molecule is CCCCCCCCCn1c(SCCCCCCC)nc2c1c(=O)[nH]c(=O)n2C. The molecule has 0 atom stereocenters. The summed E-state index contributed by atoms with van der Waals surface area (Å²) in [5.74, 6) is 0.996.